The van der Waals surface area contributed by atoms with Gasteiger partial charge in [0.15, 0.2) is 0 Å². The standard InChI is InChI=1S/C19H14FN3O.C2H6/c1-13-9-17(20)7-5-16(13)6-8-18-22-23-19(24-18)11-14-3-2-4-15(10-14)12-21;1-2/h2-10H,11H2,1H3;1-2H3/b8-6+;. The molecule has 0 spiro atoms. The highest BCUT2D eigenvalue weighted by atomic mass is 19.1. The smallest absolute Gasteiger partial charge is 0.240 e. The minimum atomic E-state index is -0.260. The summed E-state index contributed by atoms with van der Waals surface area (Å²) in [6.07, 6.45) is 3.97. The van der Waals surface area contributed by atoms with Gasteiger partial charge in [-0.2, -0.15) is 5.26 Å². The molecule has 0 saturated carbocycles. The van der Waals surface area contributed by atoms with E-state index in [2.05, 4.69) is 16.3 Å². The third-order valence-electron chi connectivity index (χ3n) is 3.53. The number of rotatable bonds is 4. The lowest BCUT2D eigenvalue weighted by molar-refractivity contribution is 0.496. The van der Waals surface area contributed by atoms with Crippen LogP contribution in [0.1, 0.15) is 47.9 Å². The zero-order valence-electron chi connectivity index (χ0n) is 15.0. The number of nitrogens with zero attached hydrogens (tertiary/aromatic N) is 3. The minimum absolute atomic E-state index is 0.260. The molecular formula is C21H20FN3O. The summed E-state index contributed by atoms with van der Waals surface area (Å²) in [4.78, 5) is 0. The van der Waals surface area contributed by atoms with Gasteiger partial charge in [-0.3, -0.25) is 0 Å². The molecule has 0 radical (unpaired) electrons. The van der Waals surface area contributed by atoms with Gasteiger partial charge in [0.1, 0.15) is 5.82 Å². The second-order valence-electron chi connectivity index (χ2n) is 5.36. The van der Waals surface area contributed by atoms with Gasteiger partial charge in [0.05, 0.1) is 18.1 Å². The lowest BCUT2D eigenvalue weighted by Crippen LogP contribution is -1.89. The Bertz CT molecular complexity index is 938. The molecule has 1 aromatic heterocycles. The van der Waals surface area contributed by atoms with Crippen LogP contribution >= 0.6 is 0 Å². The summed E-state index contributed by atoms with van der Waals surface area (Å²) < 4.78 is 18.7. The van der Waals surface area contributed by atoms with Crippen molar-refractivity contribution in [2.24, 2.45) is 0 Å². The molecule has 0 unspecified atom stereocenters. The van der Waals surface area contributed by atoms with Crippen LogP contribution in [-0.2, 0) is 6.42 Å². The number of aryl methyl sites for hydroxylation is 1. The molecule has 0 fully saturated rings. The van der Waals surface area contributed by atoms with Gasteiger partial charge in [-0.15, -0.1) is 10.2 Å². The summed E-state index contributed by atoms with van der Waals surface area (Å²) in [5, 5.41) is 16.9. The first-order valence-electron chi connectivity index (χ1n) is 8.40. The van der Waals surface area contributed by atoms with Crippen molar-refractivity contribution in [3.05, 3.63) is 82.3 Å². The number of hydrogen-bond acceptors (Lipinski definition) is 4. The maximum absolute atomic E-state index is 13.1. The van der Waals surface area contributed by atoms with Crippen molar-refractivity contribution in [3.63, 3.8) is 0 Å². The van der Waals surface area contributed by atoms with E-state index in [0.29, 0.717) is 23.8 Å². The Morgan fingerprint density at radius 2 is 1.92 bits per heavy atom. The third kappa shape index (κ3) is 5.12. The van der Waals surface area contributed by atoms with Gasteiger partial charge >= 0.3 is 0 Å². The summed E-state index contributed by atoms with van der Waals surface area (Å²) in [5.74, 6) is 0.593. The van der Waals surface area contributed by atoms with Crippen LogP contribution < -0.4 is 0 Å². The Labute approximate surface area is 152 Å². The normalized spacial score (nSPS) is 10.3. The van der Waals surface area contributed by atoms with E-state index in [1.54, 1.807) is 24.3 Å². The minimum Gasteiger partial charge on any atom is -0.421 e. The van der Waals surface area contributed by atoms with Crippen LogP contribution in [-0.4, -0.2) is 10.2 Å². The van der Waals surface area contributed by atoms with Crippen molar-refractivity contribution in [2.75, 3.05) is 0 Å². The van der Waals surface area contributed by atoms with E-state index in [1.165, 1.54) is 12.1 Å². The average Bonchev–Trinajstić information content (AvgIpc) is 3.10. The number of halogens is 1. The van der Waals surface area contributed by atoms with Crippen molar-refractivity contribution < 1.29 is 8.81 Å². The molecule has 3 aromatic rings. The molecule has 5 heteroatoms. The van der Waals surface area contributed by atoms with Gasteiger partial charge in [0, 0.05) is 6.08 Å². The van der Waals surface area contributed by atoms with Crippen LogP contribution in [0, 0.1) is 24.1 Å². The fraction of sp³-hybridized carbons (Fsp3) is 0.190. The predicted molar refractivity (Wildman–Crippen MR) is 99.7 cm³/mol. The number of benzene rings is 2. The summed E-state index contributed by atoms with van der Waals surface area (Å²) in [5.41, 5.74) is 3.25. The van der Waals surface area contributed by atoms with Crippen molar-refractivity contribution >= 4 is 12.2 Å². The molecule has 1 heterocycles. The number of hydrogen-bond donors (Lipinski definition) is 0. The fourth-order valence-electron chi connectivity index (χ4n) is 2.32. The van der Waals surface area contributed by atoms with E-state index in [0.717, 1.165) is 16.7 Å². The first-order chi connectivity index (χ1) is 12.6. The van der Waals surface area contributed by atoms with Gasteiger partial charge < -0.3 is 4.42 Å². The highest BCUT2D eigenvalue weighted by molar-refractivity contribution is 5.67. The van der Waals surface area contributed by atoms with Crippen LogP contribution in [0.3, 0.4) is 0 Å². The van der Waals surface area contributed by atoms with Crippen molar-refractivity contribution in [1.29, 1.82) is 5.26 Å². The van der Waals surface area contributed by atoms with Crippen molar-refractivity contribution in [1.82, 2.24) is 10.2 Å². The third-order valence-corrected chi connectivity index (χ3v) is 3.53. The Morgan fingerprint density at radius 1 is 1.12 bits per heavy atom. The monoisotopic (exact) mass is 349 g/mol. The average molecular weight is 349 g/mol. The van der Waals surface area contributed by atoms with Crippen molar-refractivity contribution in [2.45, 2.75) is 27.2 Å². The molecule has 0 N–H and O–H groups in total. The molecule has 0 atom stereocenters. The second kappa shape index (κ2) is 9.28. The largest absolute Gasteiger partial charge is 0.421 e. The van der Waals surface area contributed by atoms with Crippen LogP contribution in [0.5, 0.6) is 0 Å². The second-order valence-corrected chi connectivity index (χ2v) is 5.36. The van der Waals surface area contributed by atoms with E-state index < -0.39 is 0 Å². The first kappa shape index (κ1) is 19.1. The Kier molecular flexibility index (Phi) is 6.81. The molecule has 0 aliphatic rings. The number of aromatic nitrogens is 2. The quantitative estimate of drug-likeness (QED) is 0.651. The summed E-state index contributed by atoms with van der Waals surface area (Å²) in [7, 11) is 0. The summed E-state index contributed by atoms with van der Waals surface area (Å²) >= 11 is 0. The molecule has 2 aromatic carbocycles. The molecule has 4 nitrogen and oxygen atoms in total. The van der Waals surface area contributed by atoms with Gasteiger partial charge in [-0.05, 0) is 54.0 Å². The molecule has 132 valence electrons. The molecule has 0 bridgehead atoms. The fourth-order valence-corrected chi connectivity index (χ4v) is 2.32. The highest BCUT2D eigenvalue weighted by Gasteiger charge is 2.06. The molecular weight excluding hydrogens is 329 g/mol. The zero-order valence-corrected chi connectivity index (χ0v) is 15.0. The van der Waals surface area contributed by atoms with E-state index in [9.17, 15) is 4.39 Å². The van der Waals surface area contributed by atoms with Crippen LogP contribution in [0.4, 0.5) is 4.39 Å². The molecule has 26 heavy (non-hydrogen) atoms. The maximum Gasteiger partial charge on any atom is 0.240 e. The zero-order chi connectivity index (χ0) is 18.9. The van der Waals surface area contributed by atoms with E-state index in [1.807, 2.05) is 39.0 Å². The molecule has 0 amide bonds. The SMILES string of the molecule is CC.Cc1cc(F)ccc1/C=C/c1nnc(Cc2cccc(C#N)c2)o1. The Morgan fingerprint density at radius 3 is 2.65 bits per heavy atom. The maximum atomic E-state index is 13.1. The van der Waals surface area contributed by atoms with Crippen molar-refractivity contribution in [3.8, 4) is 6.07 Å². The van der Waals surface area contributed by atoms with Gasteiger partial charge in [-0.1, -0.05) is 32.0 Å². The highest BCUT2D eigenvalue weighted by Crippen LogP contribution is 2.15. The van der Waals surface area contributed by atoms with Gasteiger partial charge in [0.25, 0.3) is 0 Å². The van der Waals surface area contributed by atoms with E-state index in [-0.39, 0.29) is 5.82 Å². The molecule has 0 aliphatic heterocycles. The van der Waals surface area contributed by atoms with Gasteiger partial charge in [-0.25, -0.2) is 4.39 Å². The lowest BCUT2D eigenvalue weighted by Gasteiger charge is -1.99. The summed E-state index contributed by atoms with van der Waals surface area (Å²) in [6, 6.07) is 14.0. The Balaban J connectivity index is 0.00000117. The predicted octanol–water partition coefficient (Wildman–Crippen LogP) is 5.18. The van der Waals surface area contributed by atoms with E-state index >= 15 is 0 Å². The van der Waals surface area contributed by atoms with Gasteiger partial charge in [0.2, 0.25) is 11.8 Å². The lowest BCUT2D eigenvalue weighted by atomic mass is 10.1. The topological polar surface area (TPSA) is 62.7 Å². The van der Waals surface area contributed by atoms with Crippen LogP contribution in [0.15, 0.2) is 46.9 Å². The first-order valence-corrected chi connectivity index (χ1v) is 8.40. The van der Waals surface area contributed by atoms with Crippen LogP contribution in [0.2, 0.25) is 0 Å². The molecule has 3 rings (SSSR count). The van der Waals surface area contributed by atoms with Crippen LogP contribution in [0.25, 0.3) is 12.2 Å². The molecule has 0 aliphatic carbocycles. The number of nitriles is 1. The summed E-state index contributed by atoms with van der Waals surface area (Å²) in [6.45, 7) is 5.84. The van der Waals surface area contributed by atoms with E-state index in [4.69, 9.17) is 9.68 Å². The molecule has 0 saturated heterocycles. The Hall–Kier alpha value is -3.26.